The summed E-state index contributed by atoms with van der Waals surface area (Å²) in [5, 5.41) is 25.7. The number of rotatable bonds is 6. The van der Waals surface area contributed by atoms with Crippen LogP contribution in [-0.2, 0) is 19.1 Å². The zero-order valence-electron chi connectivity index (χ0n) is 45.3. The minimum absolute atomic E-state index is 0.0735. The molecule has 10 fully saturated rings. The molecule has 2 heterocycles. The van der Waals surface area contributed by atoms with Crippen molar-refractivity contribution in [3.05, 3.63) is 23.5 Å². The molecule has 18 atom stereocenters. The molecular weight excluding hydrogens is 831 g/mol. The van der Waals surface area contributed by atoms with E-state index in [1.807, 2.05) is 27.7 Å². The van der Waals surface area contributed by atoms with E-state index < -0.39 is 22.0 Å². The van der Waals surface area contributed by atoms with Crippen molar-refractivity contribution in [2.45, 2.75) is 248 Å². The Morgan fingerprint density at radius 1 is 0.448 bits per heavy atom. The lowest BCUT2D eigenvalue weighted by Gasteiger charge is -2.66. The van der Waals surface area contributed by atoms with Gasteiger partial charge < -0.3 is 25.0 Å². The van der Waals surface area contributed by atoms with Crippen molar-refractivity contribution in [3.63, 3.8) is 0 Å². The van der Waals surface area contributed by atoms with Crippen molar-refractivity contribution in [2.24, 2.45) is 90.7 Å². The van der Waals surface area contributed by atoms with Crippen molar-refractivity contribution in [1.29, 1.82) is 0 Å². The third-order valence-corrected chi connectivity index (χ3v) is 25.8. The molecule has 67 heavy (non-hydrogen) atoms. The highest BCUT2D eigenvalue weighted by Crippen LogP contribution is 2.79. The molecule has 0 aromatic rings. The number of allylic oxidation sites excluding steroid dienone is 2. The maximum atomic E-state index is 15.1. The summed E-state index contributed by atoms with van der Waals surface area (Å²) < 4.78 is 13.8. The second-order valence-electron chi connectivity index (χ2n) is 29.8. The standard InChI is InChI=1S/C60H95NO6/c1-49(2)41-23-29-55(11)43(19-17-35-37(21-27-53(35,55)9)57(13)31-25-45(66-57)51(5,6)64)59(41,15)39(47(49)62)33-61-34-40-48(63)50(3,4)42-24-30-56(12)44(60(40,42)16)20-18-36-38(22-28-54(36,56)10)58(14)32-26-46(67-58)52(7,8)65/h33-38,41-46,61,64-65H,17-32H2,1-16H3/b39-33+,40-34+/t35-,36-,37+,38+,41+,42+,43+,44+,45+,46+,53-,54-,55-,56-,57-,58-,59+,60+/m1/s1. The van der Waals surface area contributed by atoms with E-state index in [9.17, 15) is 10.2 Å². The lowest BCUT2D eigenvalue weighted by molar-refractivity contribution is -0.184. The van der Waals surface area contributed by atoms with Gasteiger partial charge in [0.1, 0.15) is 0 Å². The van der Waals surface area contributed by atoms with Crippen LogP contribution >= 0.6 is 0 Å². The van der Waals surface area contributed by atoms with Gasteiger partial charge in [-0.25, -0.2) is 0 Å². The van der Waals surface area contributed by atoms with E-state index in [1.54, 1.807) is 0 Å². The number of nitrogens with one attached hydrogen (secondary N) is 1. The van der Waals surface area contributed by atoms with E-state index in [1.165, 1.54) is 25.7 Å². The molecule has 2 aliphatic heterocycles. The molecular formula is C60H95NO6. The molecule has 0 amide bonds. The number of carbonyl (C=O) groups excluding carboxylic acids is 2. The first-order valence-electron chi connectivity index (χ1n) is 27.8. The fraction of sp³-hybridized carbons (Fsp3) is 0.900. The molecule has 376 valence electrons. The van der Waals surface area contributed by atoms with Crippen LogP contribution in [0.2, 0.25) is 0 Å². The van der Waals surface area contributed by atoms with Crippen LogP contribution in [0.3, 0.4) is 0 Å². The van der Waals surface area contributed by atoms with Crippen LogP contribution in [0.4, 0.5) is 0 Å². The zero-order valence-corrected chi connectivity index (χ0v) is 45.3. The predicted molar refractivity (Wildman–Crippen MR) is 266 cm³/mol. The third kappa shape index (κ3) is 6.14. The van der Waals surface area contributed by atoms with E-state index in [-0.39, 0.29) is 67.7 Å². The highest BCUT2D eigenvalue weighted by molar-refractivity contribution is 6.05. The van der Waals surface area contributed by atoms with Crippen molar-refractivity contribution >= 4 is 11.6 Å². The molecule has 7 nitrogen and oxygen atoms in total. The lowest BCUT2D eigenvalue weighted by atomic mass is 9.38. The number of ether oxygens (including phenoxy) is 2. The highest BCUT2D eigenvalue weighted by Gasteiger charge is 2.75. The second kappa shape index (κ2) is 14.6. The van der Waals surface area contributed by atoms with E-state index in [2.05, 4.69) is 101 Å². The summed E-state index contributed by atoms with van der Waals surface area (Å²) in [6, 6.07) is 0. The molecule has 7 heteroatoms. The first-order valence-corrected chi connectivity index (χ1v) is 27.8. The Balaban J connectivity index is 0.953. The summed E-state index contributed by atoms with van der Waals surface area (Å²) >= 11 is 0. The summed E-state index contributed by atoms with van der Waals surface area (Å²) in [6.45, 7) is 36.6. The number of Topliss-reactive ketones (excluding diaryl/α,β-unsaturated/α-hetero) is 2. The van der Waals surface area contributed by atoms with Gasteiger partial charge in [0.25, 0.3) is 0 Å². The third-order valence-electron chi connectivity index (χ3n) is 25.8. The number of ketones is 2. The predicted octanol–water partition coefficient (Wildman–Crippen LogP) is 12.7. The minimum Gasteiger partial charge on any atom is -0.388 e. The van der Waals surface area contributed by atoms with Gasteiger partial charge in [0, 0.05) is 45.2 Å². The van der Waals surface area contributed by atoms with Gasteiger partial charge in [-0.3, -0.25) is 9.59 Å². The Hall–Kier alpha value is -1.54. The average molecular weight is 926 g/mol. The van der Waals surface area contributed by atoms with E-state index >= 15 is 9.59 Å². The molecule has 8 aliphatic carbocycles. The number of hydrogen-bond acceptors (Lipinski definition) is 7. The van der Waals surface area contributed by atoms with Gasteiger partial charge in [0.05, 0.1) is 34.6 Å². The van der Waals surface area contributed by atoms with Gasteiger partial charge in [-0.05, 0) is 213 Å². The molecule has 0 aromatic heterocycles. The van der Waals surface area contributed by atoms with Crippen molar-refractivity contribution < 1.29 is 29.3 Å². The first-order chi connectivity index (χ1) is 30.7. The van der Waals surface area contributed by atoms with E-state index in [0.29, 0.717) is 47.1 Å². The fourth-order valence-corrected chi connectivity index (χ4v) is 21.8. The summed E-state index contributed by atoms with van der Waals surface area (Å²) in [4.78, 5) is 30.2. The molecule has 3 N–H and O–H groups in total. The summed E-state index contributed by atoms with van der Waals surface area (Å²) in [6.07, 6.45) is 21.5. The van der Waals surface area contributed by atoms with Crippen LogP contribution in [0.1, 0.15) is 214 Å². The van der Waals surface area contributed by atoms with Gasteiger partial charge in [-0.2, -0.15) is 0 Å². The molecule has 10 aliphatic rings. The van der Waals surface area contributed by atoms with Gasteiger partial charge in [-0.15, -0.1) is 0 Å². The average Bonchev–Trinajstić information content (AvgIpc) is 4.04. The molecule has 0 unspecified atom stereocenters. The summed E-state index contributed by atoms with van der Waals surface area (Å²) in [7, 11) is 0. The topological polar surface area (TPSA) is 105 Å². The molecule has 0 spiro atoms. The molecule has 0 radical (unpaired) electrons. The molecule has 8 saturated carbocycles. The number of carbonyl (C=O) groups is 2. The lowest BCUT2D eigenvalue weighted by Crippen LogP contribution is -2.60. The molecule has 0 bridgehead atoms. The maximum Gasteiger partial charge on any atom is 0.166 e. The van der Waals surface area contributed by atoms with Crippen LogP contribution in [-0.4, -0.2) is 56.4 Å². The Morgan fingerprint density at radius 3 is 1.12 bits per heavy atom. The van der Waals surface area contributed by atoms with Crippen LogP contribution in [0.15, 0.2) is 23.5 Å². The maximum absolute atomic E-state index is 15.1. The monoisotopic (exact) mass is 926 g/mol. The minimum atomic E-state index is -0.839. The van der Waals surface area contributed by atoms with Crippen LogP contribution in [0, 0.1) is 90.7 Å². The van der Waals surface area contributed by atoms with Gasteiger partial charge >= 0.3 is 0 Å². The van der Waals surface area contributed by atoms with E-state index in [0.717, 1.165) is 88.2 Å². The van der Waals surface area contributed by atoms with Gasteiger partial charge in [0.2, 0.25) is 0 Å². The second-order valence-corrected chi connectivity index (χ2v) is 29.8. The molecule has 2 saturated heterocycles. The van der Waals surface area contributed by atoms with Crippen LogP contribution < -0.4 is 5.32 Å². The number of fused-ring (bicyclic) bond motifs is 10. The van der Waals surface area contributed by atoms with Crippen molar-refractivity contribution in [2.75, 3.05) is 0 Å². The van der Waals surface area contributed by atoms with Gasteiger partial charge in [-0.1, -0.05) is 69.2 Å². The Labute approximate surface area is 407 Å². The van der Waals surface area contributed by atoms with Crippen molar-refractivity contribution in [3.8, 4) is 0 Å². The SMILES string of the molecule is CC(C)(O)[C@@H]1CC[C@](C)([C@H]2CC[C@]3(C)[C@@H]2CC[C@@H]2[C@@]4(C)/C(=C/N/C=C5\C(=O)C(C)(C)[C@@H]6CC[C@]7(C)[C@H](CC[C@@H]8[C@@H]([C@@]9(C)CC[C@@H](C(C)(C)O)O9)CC[C@]87C)[C@@]56C)C(=O)C(C)(C)[C@@H]4CC[C@]23C)O1. The van der Waals surface area contributed by atoms with E-state index in [4.69, 9.17) is 9.47 Å². The van der Waals surface area contributed by atoms with Crippen LogP contribution in [0.5, 0.6) is 0 Å². The summed E-state index contributed by atoms with van der Waals surface area (Å²) in [5.74, 6) is 3.94. The Kier molecular flexibility index (Phi) is 10.7. The Morgan fingerprint density at radius 2 is 0.791 bits per heavy atom. The summed E-state index contributed by atoms with van der Waals surface area (Å²) in [5.41, 5.74) is -1.24. The quantitative estimate of drug-likeness (QED) is 0.228. The number of hydrogen-bond donors (Lipinski definition) is 3. The highest BCUT2D eigenvalue weighted by atomic mass is 16.5. The fourth-order valence-electron chi connectivity index (χ4n) is 21.8. The molecule has 10 rings (SSSR count). The largest absolute Gasteiger partial charge is 0.388 e. The molecule has 0 aromatic carbocycles. The Bertz CT molecular complexity index is 1990. The normalized spacial score (nSPS) is 54.5. The zero-order chi connectivity index (χ0) is 48.9. The first kappa shape index (κ1) is 49.1. The number of aliphatic hydroxyl groups is 2. The van der Waals surface area contributed by atoms with Gasteiger partial charge in [0.15, 0.2) is 11.6 Å². The van der Waals surface area contributed by atoms with Crippen molar-refractivity contribution in [1.82, 2.24) is 5.32 Å². The smallest absolute Gasteiger partial charge is 0.166 e. The van der Waals surface area contributed by atoms with Crippen LogP contribution in [0.25, 0.3) is 0 Å².